The molecule has 1 unspecified atom stereocenters. The van der Waals surface area contributed by atoms with E-state index in [-0.39, 0.29) is 12.3 Å². The molecule has 1 fully saturated rings. The first-order valence-electron chi connectivity index (χ1n) is 6.28. The molecule has 1 aromatic rings. The summed E-state index contributed by atoms with van der Waals surface area (Å²) >= 11 is 0. The van der Waals surface area contributed by atoms with Crippen molar-refractivity contribution in [2.45, 2.75) is 46.0 Å². The van der Waals surface area contributed by atoms with Crippen molar-refractivity contribution < 1.29 is 9.90 Å². The van der Waals surface area contributed by atoms with Gasteiger partial charge in [0.2, 0.25) is 0 Å². The van der Waals surface area contributed by atoms with E-state index in [1.54, 1.807) is 0 Å². The molecule has 0 bridgehead atoms. The smallest absolute Gasteiger partial charge is 0.303 e. The van der Waals surface area contributed by atoms with Crippen molar-refractivity contribution in [2.75, 3.05) is 0 Å². The highest BCUT2D eigenvalue weighted by molar-refractivity contribution is 5.68. The van der Waals surface area contributed by atoms with Crippen LogP contribution in [0, 0.1) is 26.7 Å². The first kappa shape index (κ1) is 12.2. The van der Waals surface area contributed by atoms with Gasteiger partial charge >= 0.3 is 5.97 Å². The molecule has 0 aliphatic heterocycles. The maximum Gasteiger partial charge on any atom is 0.303 e. The average molecular weight is 232 g/mol. The summed E-state index contributed by atoms with van der Waals surface area (Å²) in [5.74, 6) is 0.123. The topological polar surface area (TPSA) is 37.3 Å². The molecule has 0 radical (unpaired) electrons. The highest BCUT2D eigenvalue weighted by Gasteiger charge is 2.34. The Morgan fingerprint density at radius 2 is 1.82 bits per heavy atom. The molecule has 92 valence electrons. The lowest BCUT2D eigenvalue weighted by atomic mass is 9.86. The minimum atomic E-state index is -0.681. The Morgan fingerprint density at radius 3 is 2.35 bits per heavy atom. The van der Waals surface area contributed by atoms with E-state index in [2.05, 4.69) is 32.9 Å². The Bertz CT molecular complexity index is 444. The number of rotatable bonds is 4. The van der Waals surface area contributed by atoms with Crippen LogP contribution in [0.15, 0.2) is 12.1 Å². The summed E-state index contributed by atoms with van der Waals surface area (Å²) in [6.45, 7) is 6.30. The summed E-state index contributed by atoms with van der Waals surface area (Å²) in [6.07, 6.45) is 2.64. The number of hydrogen-bond donors (Lipinski definition) is 1. The molecule has 1 atom stereocenters. The zero-order valence-electron chi connectivity index (χ0n) is 10.8. The summed E-state index contributed by atoms with van der Waals surface area (Å²) in [5, 5.41) is 9.04. The van der Waals surface area contributed by atoms with Crippen molar-refractivity contribution in [3.8, 4) is 0 Å². The molecule has 17 heavy (non-hydrogen) atoms. The van der Waals surface area contributed by atoms with Crippen molar-refractivity contribution in [3.63, 3.8) is 0 Å². The van der Waals surface area contributed by atoms with E-state index >= 15 is 0 Å². The van der Waals surface area contributed by atoms with Gasteiger partial charge in [-0.2, -0.15) is 0 Å². The Labute approximate surface area is 103 Å². The van der Waals surface area contributed by atoms with Crippen LogP contribution in [0.25, 0.3) is 0 Å². The second-order valence-corrected chi connectivity index (χ2v) is 5.33. The number of carbonyl (C=O) groups is 1. The third-order valence-electron chi connectivity index (χ3n) is 3.87. The monoisotopic (exact) mass is 232 g/mol. The lowest BCUT2D eigenvalue weighted by Gasteiger charge is -2.19. The Hall–Kier alpha value is -1.31. The van der Waals surface area contributed by atoms with Crippen LogP contribution in [0.1, 0.15) is 47.4 Å². The van der Waals surface area contributed by atoms with E-state index in [0.29, 0.717) is 5.92 Å². The molecule has 2 rings (SSSR count). The van der Waals surface area contributed by atoms with E-state index in [1.807, 2.05) is 0 Å². The van der Waals surface area contributed by atoms with Crippen molar-refractivity contribution in [1.82, 2.24) is 0 Å². The van der Waals surface area contributed by atoms with Crippen LogP contribution < -0.4 is 0 Å². The Kier molecular flexibility index (Phi) is 3.23. The van der Waals surface area contributed by atoms with Gasteiger partial charge in [0.15, 0.2) is 0 Å². The van der Waals surface area contributed by atoms with E-state index in [1.165, 1.54) is 35.1 Å². The average Bonchev–Trinajstić information content (AvgIpc) is 3.04. The zero-order valence-corrected chi connectivity index (χ0v) is 10.8. The normalized spacial score (nSPS) is 16.9. The van der Waals surface area contributed by atoms with Gasteiger partial charge in [0.05, 0.1) is 6.42 Å². The van der Waals surface area contributed by atoms with Crippen molar-refractivity contribution in [3.05, 3.63) is 34.4 Å². The predicted octanol–water partition coefficient (Wildman–Crippen LogP) is 3.58. The summed E-state index contributed by atoms with van der Waals surface area (Å²) in [6, 6.07) is 4.37. The van der Waals surface area contributed by atoms with Gasteiger partial charge in [-0.25, -0.2) is 0 Å². The van der Waals surface area contributed by atoms with Gasteiger partial charge in [-0.15, -0.1) is 0 Å². The zero-order chi connectivity index (χ0) is 12.6. The summed E-state index contributed by atoms with van der Waals surface area (Å²) < 4.78 is 0. The molecular formula is C15H20O2. The van der Waals surface area contributed by atoms with Crippen LogP contribution in [-0.4, -0.2) is 11.1 Å². The number of aryl methyl sites for hydroxylation is 3. The summed E-state index contributed by atoms with van der Waals surface area (Å²) in [5.41, 5.74) is 5.04. The van der Waals surface area contributed by atoms with Gasteiger partial charge in [-0.3, -0.25) is 4.79 Å². The summed E-state index contributed by atoms with van der Waals surface area (Å²) in [7, 11) is 0. The predicted molar refractivity (Wildman–Crippen MR) is 68.4 cm³/mol. The fraction of sp³-hybridized carbons (Fsp3) is 0.533. The molecule has 1 saturated carbocycles. The second kappa shape index (κ2) is 4.52. The highest BCUT2D eigenvalue weighted by Crippen LogP contribution is 2.45. The van der Waals surface area contributed by atoms with Crippen LogP contribution >= 0.6 is 0 Å². The van der Waals surface area contributed by atoms with Gasteiger partial charge < -0.3 is 5.11 Å². The third-order valence-corrected chi connectivity index (χ3v) is 3.87. The second-order valence-electron chi connectivity index (χ2n) is 5.33. The fourth-order valence-electron chi connectivity index (χ4n) is 2.60. The van der Waals surface area contributed by atoms with E-state index < -0.39 is 5.97 Å². The SMILES string of the molecule is Cc1cc(C)c(C(CC(=O)O)C2CC2)cc1C. The molecular weight excluding hydrogens is 212 g/mol. The fourth-order valence-corrected chi connectivity index (χ4v) is 2.60. The standard InChI is InChI=1S/C15H20O2/c1-9-6-11(3)13(7-10(9)2)14(8-15(16)17)12-4-5-12/h6-7,12,14H,4-5,8H2,1-3H3,(H,16,17). The van der Waals surface area contributed by atoms with Gasteiger partial charge in [0.1, 0.15) is 0 Å². The Morgan fingerprint density at radius 1 is 1.24 bits per heavy atom. The molecule has 0 spiro atoms. The van der Waals surface area contributed by atoms with Crippen molar-refractivity contribution >= 4 is 5.97 Å². The molecule has 0 saturated heterocycles. The molecule has 2 heteroatoms. The van der Waals surface area contributed by atoms with Crippen LogP contribution in [0.3, 0.4) is 0 Å². The molecule has 0 heterocycles. The molecule has 1 N–H and O–H groups in total. The molecule has 1 aliphatic carbocycles. The molecule has 1 aliphatic rings. The van der Waals surface area contributed by atoms with Gasteiger partial charge in [0, 0.05) is 0 Å². The molecule has 0 aromatic heterocycles. The number of carboxylic acids is 1. The minimum absolute atomic E-state index is 0.215. The quantitative estimate of drug-likeness (QED) is 0.861. The minimum Gasteiger partial charge on any atom is -0.481 e. The van der Waals surface area contributed by atoms with Gasteiger partial charge in [-0.1, -0.05) is 12.1 Å². The van der Waals surface area contributed by atoms with E-state index in [9.17, 15) is 4.79 Å². The lowest BCUT2D eigenvalue weighted by Crippen LogP contribution is -2.10. The van der Waals surface area contributed by atoms with Gasteiger partial charge in [-0.05, 0) is 67.7 Å². The highest BCUT2D eigenvalue weighted by atomic mass is 16.4. The third kappa shape index (κ3) is 2.68. The number of hydrogen-bond acceptors (Lipinski definition) is 1. The lowest BCUT2D eigenvalue weighted by molar-refractivity contribution is -0.137. The van der Waals surface area contributed by atoms with Crippen LogP contribution in [-0.2, 0) is 4.79 Å². The van der Waals surface area contributed by atoms with Crippen molar-refractivity contribution in [1.29, 1.82) is 0 Å². The maximum atomic E-state index is 11.0. The molecule has 1 aromatic carbocycles. The summed E-state index contributed by atoms with van der Waals surface area (Å²) in [4.78, 5) is 11.0. The van der Waals surface area contributed by atoms with Crippen LogP contribution in [0.5, 0.6) is 0 Å². The van der Waals surface area contributed by atoms with Crippen LogP contribution in [0.2, 0.25) is 0 Å². The first-order chi connectivity index (χ1) is 7.99. The molecule has 0 amide bonds. The van der Waals surface area contributed by atoms with Gasteiger partial charge in [0.25, 0.3) is 0 Å². The first-order valence-corrected chi connectivity index (χ1v) is 6.28. The number of benzene rings is 1. The molecule has 2 nitrogen and oxygen atoms in total. The Balaban J connectivity index is 2.35. The van der Waals surface area contributed by atoms with E-state index in [0.717, 1.165) is 0 Å². The largest absolute Gasteiger partial charge is 0.481 e. The number of aliphatic carboxylic acids is 1. The van der Waals surface area contributed by atoms with Crippen molar-refractivity contribution in [2.24, 2.45) is 5.92 Å². The maximum absolute atomic E-state index is 11.0. The number of carboxylic acid groups (broad SMARTS) is 1. The van der Waals surface area contributed by atoms with E-state index in [4.69, 9.17) is 5.11 Å². The van der Waals surface area contributed by atoms with Crippen LogP contribution in [0.4, 0.5) is 0 Å².